The minimum Gasteiger partial charge on any atom is -0.382 e. The van der Waals surface area contributed by atoms with Crippen molar-refractivity contribution in [3.8, 4) is 0 Å². The lowest BCUT2D eigenvalue weighted by Crippen LogP contribution is -2.11. The molecule has 0 amide bonds. The number of rotatable bonds is 6. The van der Waals surface area contributed by atoms with E-state index < -0.39 is 0 Å². The van der Waals surface area contributed by atoms with Gasteiger partial charge in [0.15, 0.2) is 0 Å². The van der Waals surface area contributed by atoms with Crippen LogP contribution in [0.3, 0.4) is 0 Å². The van der Waals surface area contributed by atoms with Crippen LogP contribution in [0.25, 0.3) is 0 Å². The lowest BCUT2D eigenvalue weighted by molar-refractivity contribution is 0.0557. The molecule has 0 saturated carbocycles. The molecule has 0 bridgehead atoms. The van der Waals surface area contributed by atoms with Crippen molar-refractivity contribution in [3.63, 3.8) is 0 Å². The van der Waals surface area contributed by atoms with E-state index in [4.69, 9.17) is 9.47 Å². The van der Waals surface area contributed by atoms with Gasteiger partial charge in [0.05, 0.1) is 12.7 Å². The van der Waals surface area contributed by atoms with E-state index in [1.165, 1.54) is 11.1 Å². The Morgan fingerprint density at radius 3 is 2.22 bits per heavy atom. The Hall–Kier alpha value is -0.860. The molecular formula is C16H26O2. The van der Waals surface area contributed by atoms with Gasteiger partial charge in [-0.3, -0.25) is 0 Å². The molecule has 1 aromatic carbocycles. The molecule has 0 heterocycles. The number of benzene rings is 1. The van der Waals surface area contributed by atoms with Gasteiger partial charge < -0.3 is 9.47 Å². The smallest absolute Gasteiger partial charge is 0.0716 e. The molecule has 1 aromatic rings. The van der Waals surface area contributed by atoms with Gasteiger partial charge in [-0.25, -0.2) is 0 Å². The summed E-state index contributed by atoms with van der Waals surface area (Å²) in [5.74, 6) is 0. The van der Waals surface area contributed by atoms with Crippen molar-refractivity contribution in [2.24, 2.45) is 0 Å². The van der Waals surface area contributed by atoms with Gasteiger partial charge in [-0.2, -0.15) is 0 Å². The molecule has 0 aromatic heterocycles. The van der Waals surface area contributed by atoms with Crippen LogP contribution in [-0.2, 0) is 21.5 Å². The number of hydrogen-bond acceptors (Lipinski definition) is 2. The third kappa shape index (κ3) is 5.19. The van der Waals surface area contributed by atoms with E-state index in [-0.39, 0.29) is 11.5 Å². The lowest BCUT2D eigenvalue weighted by atomic mass is 9.87. The van der Waals surface area contributed by atoms with E-state index >= 15 is 0 Å². The summed E-state index contributed by atoms with van der Waals surface area (Å²) in [7, 11) is 1.73. The van der Waals surface area contributed by atoms with Crippen LogP contribution in [0, 0.1) is 0 Å². The molecular weight excluding hydrogens is 224 g/mol. The van der Waals surface area contributed by atoms with Gasteiger partial charge in [-0.1, -0.05) is 45.0 Å². The molecule has 0 radical (unpaired) electrons. The van der Waals surface area contributed by atoms with Crippen molar-refractivity contribution in [2.75, 3.05) is 13.7 Å². The number of hydrogen-bond donors (Lipinski definition) is 0. The van der Waals surface area contributed by atoms with E-state index in [1.54, 1.807) is 7.11 Å². The monoisotopic (exact) mass is 250 g/mol. The second-order valence-electron chi connectivity index (χ2n) is 5.83. The molecule has 1 unspecified atom stereocenters. The van der Waals surface area contributed by atoms with E-state index in [1.807, 2.05) is 0 Å². The quantitative estimate of drug-likeness (QED) is 0.712. The zero-order valence-electron chi connectivity index (χ0n) is 12.3. The largest absolute Gasteiger partial charge is 0.382 e. The average molecular weight is 250 g/mol. The summed E-state index contributed by atoms with van der Waals surface area (Å²) in [5.41, 5.74) is 2.81. The second kappa shape index (κ2) is 6.91. The predicted molar refractivity (Wildman–Crippen MR) is 75.9 cm³/mol. The SMILES string of the molecule is COC(C)CCOCc1ccc(C(C)(C)C)cc1. The summed E-state index contributed by atoms with van der Waals surface area (Å²) in [6.45, 7) is 10.2. The summed E-state index contributed by atoms with van der Waals surface area (Å²) in [5, 5.41) is 0. The van der Waals surface area contributed by atoms with Gasteiger partial charge in [0.1, 0.15) is 0 Å². The van der Waals surface area contributed by atoms with Crippen LogP contribution in [-0.4, -0.2) is 19.8 Å². The maximum atomic E-state index is 5.64. The van der Waals surface area contributed by atoms with Crippen molar-refractivity contribution >= 4 is 0 Å². The topological polar surface area (TPSA) is 18.5 Å². The van der Waals surface area contributed by atoms with Crippen LogP contribution in [0.5, 0.6) is 0 Å². The van der Waals surface area contributed by atoms with E-state index in [2.05, 4.69) is 52.0 Å². The van der Waals surface area contributed by atoms with Gasteiger partial charge in [-0.15, -0.1) is 0 Å². The zero-order chi connectivity index (χ0) is 13.6. The molecule has 0 fully saturated rings. The molecule has 0 aliphatic heterocycles. The standard InChI is InChI=1S/C16H26O2/c1-13(17-5)10-11-18-12-14-6-8-15(9-7-14)16(2,3)4/h6-9,13H,10-12H2,1-5H3. The van der Waals surface area contributed by atoms with Crippen LogP contribution in [0.15, 0.2) is 24.3 Å². The fourth-order valence-corrected chi connectivity index (χ4v) is 1.66. The fourth-order valence-electron chi connectivity index (χ4n) is 1.66. The highest BCUT2D eigenvalue weighted by Gasteiger charge is 2.12. The molecule has 2 heteroatoms. The van der Waals surface area contributed by atoms with Gasteiger partial charge in [-0.05, 0) is 29.9 Å². The number of methoxy groups -OCH3 is 1. The van der Waals surface area contributed by atoms with Crippen molar-refractivity contribution in [1.82, 2.24) is 0 Å². The van der Waals surface area contributed by atoms with Gasteiger partial charge in [0.25, 0.3) is 0 Å². The third-order valence-corrected chi connectivity index (χ3v) is 3.16. The normalized spacial score (nSPS) is 13.6. The third-order valence-electron chi connectivity index (χ3n) is 3.16. The Labute approximate surface area is 111 Å². The molecule has 18 heavy (non-hydrogen) atoms. The maximum Gasteiger partial charge on any atom is 0.0716 e. The minimum absolute atomic E-state index is 0.216. The lowest BCUT2D eigenvalue weighted by Gasteiger charge is -2.19. The van der Waals surface area contributed by atoms with Crippen LogP contribution in [0.4, 0.5) is 0 Å². The minimum atomic E-state index is 0.216. The Morgan fingerprint density at radius 1 is 1.11 bits per heavy atom. The van der Waals surface area contributed by atoms with E-state index in [0.29, 0.717) is 6.61 Å². The second-order valence-corrected chi connectivity index (χ2v) is 5.83. The molecule has 2 nitrogen and oxygen atoms in total. The van der Waals surface area contributed by atoms with Crippen LogP contribution >= 0.6 is 0 Å². The fraction of sp³-hybridized carbons (Fsp3) is 0.625. The predicted octanol–water partition coefficient (Wildman–Crippen LogP) is 3.93. The summed E-state index contributed by atoms with van der Waals surface area (Å²) >= 11 is 0. The van der Waals surface area contributed by atoms with Crippen molar-refractivity contribution in [1.29, 1.82) is 0 Å². The van der Waals surface area contributed by atoms with Crippen LogP contribution in [0.1, 0.15) is 45.2 Å². The Morgan fingerprint density at radius 2 is 1.72 bits per heavy atom. The van der Waals surface area contributed by atoms with E-state index in [9.17, 15) is 0 Å². The summed E-state index contributed by atoms with van der Waals surface area (Å²) in [6, 6.07) is 8.69. The van der Waals surface area contributed by atoms with Gasteiger partial charge >= 0.3 is 0 Å². The van der Waals surface area contributed by atoms with Crippen molar-refractivity contribution in [2.45, 2.75) is 52.2 Å². The van der Waals surface area contributed by atoms with Gasteiger partial charge in [0.2, 0.25) is 0 Å². The molecule has 0 spiro atoms. The molecule has 0 N–H and O–H groups in total. The average Bonchev–Trinajstić information content (AvgIpc) is 2.33. The first-order valence-electron chi connectivity index (χ1n) is 6.63. The summed E-state index contributed by atoms with van der Waals surface area (Å²) in [4.78, 5) is 0. The molecule has 0 aliphatic rings. The Bertz CT molecular complexity index is 335. The first-order valence-corrected chi connectivity index (χ1v) is 6.63. The molecule has 102 valence electrons. The molecule has 1 rings (SSSR count). The summed E-state index contributed by atoms with van der Waals surface area (Å²) in [6.07, 6.45) is 1.21. The summed E-state index contributed by atoms with van der Waals surface area (Å²) < 4.78 is 10.8. The Kier molecular flexibility index (Phi) is 5.83. The van der Waals surface area contributed by atoms with Gasteiger partial charge in [0, 0.05) is 13.7 Å². The van der Waals surface area contributed by atoms with E-state index in [0.717, 1.165) is 13.0 Å². The van der Waals surface area contributed by atoms with Crippen molar-refractivity contribution < 1.29 is 9.47 Å². The first-order chi connectivity index (χ1) is 8.43. The highest BCUT2D eigenvalue weighted by molar-refractivity contribution is 5.27. The molecule has 0 aliphatic carbocycles. The highest BCUT2D eigenvalue weighted by atomic mass is 16.5. The first kappa shape index (κ1) is 15.2. The molecule has 1 atom stereocenters. The van der Waals surface area contributed by atoms with Crippen LogP contribution in [0.2, 0.25) is 0 Å². The molecule has 0 saturated heterocycles. The zero-order valence-corrected chi connectivity index (χ0v) is 12.3. The van der Waals surface area contributed by atoms with Crippen molar-refractivity contribution in [3.05, 3.63) is 35.4 Å². The highest BCUT2D eigenvalue weighted by Crippen LogP contribution is 2.22. The number of ether oxygens (including phenoxy) is 2. The Balaban J connectivity index is 2.36. The van der Waals surface area contributed by atoms with Crippen LogP contribution < -0.4 is 0 Å². The maximum absolute atomic E-state index is 5.64.